The Bertz CT molecular complexity index is 885. The number of nitrogens with zero attached hydrogens (tertiary/aromatic N) is 2. The van der Waals surface area contributed by atoms with E-state index in [2.05, 4.69) is 4.98 Å². The number of nitriles is 1. The van der Waals surface area contributed by atoms with Gasteiger partial charge in [0.05, 0.1) is 16.1 Å². The van der Waals surface area contributed by atoms with E-state index in [0.717, 1.165) is 0 Å². The number of amides is 1. The van der Waals surface area contributed by atoms with Crippen LogP contribution in [-0.4, -0.2) is 33.4 Å². The third-order valence-electron chi connectivity index (χ3n) is 4.01. The van der Waals surface area contributed by atoms with Crippen LogP contribution in [0.25, 0.3) is 5.57 Å². The minimum Gasteiger partial charge on any atom is -0.478 e. The molecule has 1 aliphatic rings. The first-order chi connectivity index (χ1) is 11.3. The van der Waals surface area contributed by atoms with Crippen molar-refractivity contribution in [2.24, 2.45) is 0 Å². The van der Waals surface area contributed by atoms with E-state index in [9.17, 15) is 14.7 Å². The number of rotatable bonds is 2. The van der Waals surface area contributed by atoms with Gasteiger partial charge in [-0.1, -0.05) is 19.9 Å². The number of hydrogen-bond acceptors (Lipinski definition) is 4. The zero-order valence-corrected chi connectivity index (χ0v) is 14.0. The number of aromatic nitrogens is 1. The number of carboxylic acids is 1. The third kappa shape index (κ3) is 2.61. The Morgan fingerprint density at radius 2 is 2.21 bits per heavy atom. The summed E-state index contributed by atoms with van der Waals surface area (Å²) < 4.78 is 0. The van der Waals surface area contributed by atoms with Gasteiger partial charge < -0.3 is 15.0 Å². The van der Waals surface area contributed by atoms with Crippen LogP contribution in [0.5, 0.6) is 0 Å². The number of aliphatic carboxylic acids is 1. The van der Waals surface area contributed by atoms with Gasteiger partial charge in [0.25, 0.3) is 5.91 Å². The molecule has 2 aromatic rings. The van der Waals surface area contributed by atoms with E-state index in [4.69, 9.17) is 5.26 Å². The third-order valence-corrected chi connectivity index (χ3v) is 4.87. The first-order valence-electron chi connectivity index (χ1n) is 7.27. The fourth-order valence-electron chi connectivity index (χ4n) is 2.87. The number of carbonyl (C=O) groups excluding carboxylic acids is 1. The second kappa shape index (κ2) is 5.65. The van der Waals surface area contributed by atoms with Crippen molar-refractivity contribution in [2.75, 3.05) is 6.54 Å². The molecule has 3 heterocycles. The van der Waals surface area contributed by atoms with Gasteiger partial charge >= 0.3 is 5.97 Å². The Labute approximate surface area is 142 Å². The van der Waals surface area contributed by atoms with Crippen LogP contribution in [0, 0.1) is 11.3 Å². The molecule has 0 saturated carbocycles. The monoisotopic (exact) mass is 341 g/mol. The second-order valence-corrected chi connectivity index (χ2v) is 7.17. The Hall–Kier alpha value is -2.85. The zero-order valence-electron chi connectivity index (χ0n) is 13.2. The summed E-state index contributed by atoms with van der Waals surface area (Å²) in [7, 11) is 0. The lowest BCUT2D eigenvalue weighted by atomic mass is 9.83. The average molecular weight is 341 g/mol. The molecule has 2 N–H and O–H groups in total. The highest BCUT2D eigenvalue weighted by molar-refractivity contribution is 7.12. The number of aromatic amines is 1. The molecule has 0 unspecified atom stereocenters. The zero-order chi connectivity index (χ0) is 17.5. The van der Waals surface area contributed by atoms with E-state index in [1.165, 1.54) is 22.4 Å². The summed E-state index contributed by atoms with van der Waals surface area (Å²) in [5.74, 6) is -1.38. The second-order valence-electron chi connectivity index (χ2n) is 6.23. The molecule has 3 rings (SSSR count). The molecule has 0 spiro atoms. The fourth-order valence-corrected chi connectivity index (χ4v) is 3.55. The summed E-state index contributed by atoms with van der Waals surface area (Å²) in [6, 6.07) is 7.16. The molecule has 122 valence electrons. The van der Waals surface area contributed by atoms with Crippen LogP contribution >= 0.6 is 11.3 Å². The van der Waals surface area contributed by atoms with Gasteiger partial charge in [0, 0.05) is 18.2 Å². The maximum atomic E-state index is 12.7. The fraction of sp³-hybridized carbons (Fsp3) is 0.235. The van der Waals surface area contributed by atoms with Crippen molar-refractivity contribution < 1.29 is 14.7 Å². The molecular weight excluding hydrogens is 326 g/mol. The number of thiophene rings is 1. The Kier molecular flexibility index (Phi) is 3.78. The van der Waals surface area contributed by atoms with Gasteiger partial charge in [0.2, 0.25) is 0 Å². The molecule has 0 bridgehead atoms. The number of hydrogen-bond donors (Lipinski definition) is 2. The van der Waals surface area contributed by atoms with Gasteiger partial charge in [0.1, 0.15) is 11.8 Å². The van der Waals surface area contributed by atoms with Crippen molar-refractivity contribution in [3.05, 3.63) is 51.6 Å². The number of fused-ring (bicyclic) bond motifs is 1. The molecule has 1 amide bonds. The summed E-state index contributed by atoms with van der Waals surface area (Å²) >= 11 is 1.31. The van der Waals surface area contributed by atoms with Crippen LogP contribution in [0.1, 0.15) is 40.5 Å². The lowest BCUT2D eigenvalue weighted by molar-refractivity contribution is -0.130. The van der Waals surface area contributed by atoms with Crippen LogP contribution in [0.3, 0.4) is 0 Å². The van der Waals surface area contributed by atoms with Crippen molar-refractivity contribution in [3.63, 3.8) is 0 Å². The molecule has 24 heavy (non-hydrogen) atoms. The number of nitrogens with one attached hydrogen (secondary N) is 1. The van der Waals surface area contributed by atoms with Crippen molar-refractivity contribution in [2.45, 2.75) is 19.3 Å². The lowest BCUT2D eigenvalue weighted by Crippen LogP contribution is -2.36. The SMILES string of the molecule is CC1(C)CN(C(=O)c2cccs2)C=C(C(=O)O)c2[nH]c(C#N)cc21. The maximum absolute atomic E-state index is 12.7. The predicted octanol–water partition coefficient (Wildman–Crippen LogP) is 2.81. The lowest BCUT2D eigenvalue weighted by Gasteiger charge is -2.28. The van der Waals surface area contributed by atoms with E-state index in [-0.39, 0.29) is 11.5 Å². The van der Waals surface area contributed by atoms with Crippen molar-refractivity contribution in [1.82, 2.24) is 9.88 Å². The van der Waals surface area contributed by atoms with E-state index >= 15 is 0 Å². The summed E-state index contributed by atoms with van der Waals surface area (Å²) in [6.45, 7) is 4.17. The van der Waals surface area contributed by atoms with Crippen LogP contribution in [0.15, 0.2) is 29.8 Å². The molecular formula is C17H15N3O3S. The first-order valence-corrected chi connectivity index (χ1v) is 8.15. The summed E-state index contributed by atoms with van der Waals surface area (Å²) in [5.41, 5.74) is 0.863. The number of H-pyrrole nitrogens is 1. The molecule has 7 heteroatoms. The van der Waals surface area contributed by atoms with Gasteiger partial charge in [-0.05, 0) is 23.1 Å². The van der Waals surface area contributed by atoms with Gasteiger partial charge in [-0.3, -0.25) is 4.79 Å². The van der Waals surface area contributed by atoms with E-state index in [1.807, 2.05) is 19.9 Å². The molecule has 0 aliphatic carbocycles. The Balaban J connectivity index is 2.15. The first kappa shape index (κ1) is 16.0. The minimum atomic E-state index is -1.15. The molecule has 0 aromatic carbocycles. The molecule has 6 nitrogen and oxygen atoms in total. The molecule has 2 aromatic heterocycles. The van der Waals surface area contributed by atoms with Crippen molar-refractivity contribution in [3.8, 4) is 6.07 Å². The summed E-state index contributed by atoms with van der Waals surface area (Å²) in [6.07, 6.45) is 1.36. The summed E-state index contributed by atoms with van der Waals surface area (Å²) in [5, 5.41) is 20.5. The largest absolute Gasteiger partial charge is 0.478 e. The minimum absolute atomic E-state index is 0.0259. The van der Waals surface area contributed by atoms with E-state index < -0.39 is 11.4 Å². The van der Waals surface area contributed by atoms with Crippen LogP contribution in [-0.2, 0) is 10.2 Å². The van der Waals surface area contributed by atoms with E-state index in [1.54, 1.807) is 23.6 Å². The normalized spacial score (nSPS) is 15.9. The van der Waals surface area contributed by atoms with E-state index in [0.29, 0.717) is 28.4 Å². The highest BCUT2D eigenvalue weighted by atomic mass is 32.1. The predicted molar refractivity (Wildman–Crippen MR) is 89.5 cm³/mol. The van der Waals surface area contributed by atoms with Crippen LogP contribution in [0.4, 0.5) is 0 Å². The quantitative estimate of drug-likeness (QED) is 0.877. The highest BCUT2D eigenvalue weighted by Crippen LogP contribution is 2.36. The van der Waals surface area contributed by atoms with Gasteiger partial charge in [-0.25, -0.2) is 4.79 Å². The number of carbonyl (C=O) groups is 2. The average Bonchev–Trinajstić information content (AvgIpc) is 3.17. The maximum Gasteiger partial charge on any atom is 0.339 e. The molecule has 0 fully saturated rings. The topological polar surface area (TPSA) is 97.2 Å². The molecule has 0 saturated heterocycles. The smallest absolute Gasteiger partial charge is 0.339 e. The highest BCUT2D eigenvalue weighted by Gasteiger charge is 2.36. The van der Waals surface area contributed by atoms with Gasteiger partial charge in [0.15, 0.2) is 0 Å². The molecule has 0 atom stereocenters. The van der Waals surface area contributed by atoms with Gasteiger partial charge in [-0.2, -0.15) is 5.26 Å². The Morgan fingerprint density at radius 1 is 1.46 bits per heavy atom. The van der Waals surface area contributed by atoms with Crippen molar-refractivity contribution >= 4 is 28.8 Å². The standard InChI is InChI=1S/C17H15N3O3S/c1-17(2)9-20(15(21)13-4-3-5-24-13)8-11(16(22)23)14-12(17)6-10(7-18)19-14/h3-6,8,19H,9H2,1-2H3,(H,22,23). The molecule has 1 aliphatic heterocycles. The van der Waals surface area contributed by atoms with Crippen LogP contribution < -0.4 is 0 Å². The summed E-state index contributed by atoms with van der Waals surface area (Å²) in [4.78, 5) is 29.3. The molecule has 0 radical (unpaired) electrons. The number of carboxylic acid groups (broad SMARTS) is 1. The van der Waals surface area contributed by atoms with Gasteiger partial charge in [-0.15, -0.1) is 11.3 Å². The van der Waals surface area contributed by atoms with Crippen LogP contribution in [0.2, 0.25) is 0 Å². The van der Waals surface area contributed by atoms with Crippen molar-refractivity contribution in [1.29, 1.82) is 5.26 Å². The Morgan fingerprint density at radius 3 is 2.79 bits per heavy atom.